The van der Waals surface area contributed by atoms with Gasteiger partial charge in [0.15, 0.2) is 5.75 Å². The van der Waals surface area contributed by atoms with Gasteiger partial charge in [0, 0.05) is 25.4 Å². The third-order valence-electron chi connectivity index (χ3n) is 5.90. The van der Waals surface area contributed by atoms with Gasteiger partial charge in [-0.1, -0.05) is 13.0 Å². The van der Waals surface area contributed by atoms with Crippen LogP contribution in [0, 0.1) is 11.8 Å². The molecular weight excluding hydrogens is 422 g/mol. The summed E-state index contributed by atoms with van der Waals surface area (Å²) >= 11 is 0. The first-order valence-corrected chi connectivity index (χ1v) is 12.3. The molecule has 3 rings (SSSR count). The fourth-order valence-corrected chi connectivity index (χ4v) is 3.95. The number of rotatable bonds is 7. The summed E-state index contributed by atoms with van der Waals surface area (Å²) in [4.78, 5) is 27.3. The smallest absolute Gasteiger partial charge is 0.258 e. The summed E-state index contributed by atoms with van der Waals surface area (Å²) in [6.45, 7) is 3.80. The second-order valence-electron chi connectivity index (χ2n) is 8.61. The van der Waals surface area contributed by atoms with Crippen LogP contribution in [0.3, 0.4) is 0 Å². The van der Waals surface area contributed by atoms with Gasteiger partial charge in [-0.05, 0) is 31.9 Å². The fraction of sp³-hybridized carbons (Fsp3) is 0.619. The number of aliphatic hydroxyl groups excluding tert-OH is 1. The van der Waals surface area contributed by atoms with Crippen LogP contribution < -0.4 is 10.1 Å². The highest BCUT2D eigenvalue weighted by molar-refractivity contribution is 7.88. The van der Waals surface area contributed by atoms with Gasteiger partial charge < -0.3 is 20.1 Å². The number of hydrogen-bond acceptors (Lipinski definition) is 6. The van der Waals surface area contributed by atoms with Crippen molar-refractivity contribution in [2.75, 3.05) is 38.3 Å². The average Bonchev–Trinajstić information content (AvgIpc) is 3.55. The van der Waals surface area contributed by atoms with Crippen LogP contribution in [-0.2, 0) is 14.8 Å². The number of fused-ring (bicyclic) bond motifs is 1. The predicted octanol–water partition coefficient (Wildman–Crippen LogP) is 1.15. The molecular formula is C21H31N3O6S. The number of likely N-dealkylation sites (N-methyl/N-ethyl adjacent to an activating group) is 1. The molecule has 0 spiro atoms. The van der Waals surface area contributed by atoms with Crippen LogP contribution in [-0.4, -0.2) is 79.7 Å². The van der Waals surface area contributed by atoms with Gasteiger partial charge in [0.1, 0.15) is 6.10 Å². The maximum absolute atomic E-state index is 13.3. The Hall–Kier alpha value is -2.17. The molecule has 1 aliphatic carbocycles. The highest BCUT2D eigenvalue weighted by Crippen LogP contribution is 2.37. The van der Waals surface area contributed by atoms with E-state index in [0.717, 1.165) is 19.1 Å². The van der Waals surface area contributed by atoms with Crippen LogP contribution >= 0.6 is 0 Å². The Morgan fingerprint density at radius 2 is 2.06 bits per heavy atom. The molecule has 0 bridgehead atoms. The molecule has 0 radical (unpaired) electrons. The topological polar surface area (TPSA) is 116 Å². The highest BCUT2D eigenvalue weighted by atomic mass is 32.2. The Morgan fingerprint density at radius 1 is 1.39 bits per heavy atom. The van der Waals surface area contributed by atoms with Crippen molar-refractivity contribution in [3.05, 3.63) is 23.8 Å². The van der Waals surface area contributed by atoms with Crippen LogP contribution in [0.1, 0.15) is 37.0 Å². The minimum Gasteiger partial charge on any atom is -0.486 e. The lowest BCUT2D eigenvalue weighted by molar-refractivity contribution is -0.117. The van der Waals surface area contributed by atoms with Crippen molar-refractivity contribution >= 4 is 27.5 Å². The van der Waals surface area contributed by atoms with E-state index in [2.05, 4.69) is 5.32 Å². The largest absolute Gasteiger partial charge is 0.486 e. The normalized spacial score (nSPS) is 22.9. The SMILES string of the molecule is C[C@@H]1CN([C@@H](C)CO)C(=O)c2cccc(NC(=O)C3CC3)c2O[C@@H]1CN(C)S(C)(=O)=O. The molecule has 0 aromatic heterocycles. The van der Waals surface area contributed by atoms with Crippen LogP contribution in [0.15, 0.2) is 18.2 Å². The van der Waals surface area contributed by atoms with Gasteiger partial charge in [-0.15, -0.1) is 0 Å². The Morgan fingerprint density at radius 3 is 2.65 bits per heavy atom. The van der Waals surface area contributed by atoms with Crippen molar-refractivity contribution in [2.45, 2.75) is 38.8 Å². The van der Waals surface area contributed by atoms with E-state index in [1.807, 2.05) is 6.92 Å². The second kappa shape index (κ2) is 9.13. The third-order valence-corrected chi connectivity index (χ3v) is 7.18. The van der Waals surface area contributed by atoms with Crippen LogP contribution in [0.25, 0.3) is 0 Å². The zero-order valence-corrected chi connectivity index (χ0v) is 19.2. The lowest BCUT2D eigenvalue weighted by Gasteiger charge is -2.38. The molecule has 1 aliphatic heterocycles. The lowest BCUT2D eigenvalue weighted by Crippen LogP contribution is -2.50. The maximum atomic E-state index is 13.3. The number of anilines is 1. The minimum absolute atomic E-state index is 0.0305. The van der Waals surface area contributed by atoms with Gasteiger partial charge >= 0.3 is 0 Å². The molecule has 1 aromatic rings. The maximum Gasteiger partial charge on any atom is 0.258 e. The summed E-state index contributed by atoms with van der Waals surface area (Å²) < 4.78 is 31.4. The number of nitrogens with zero attached hydrogens (tertiary/aromatic N) is 2. The first-order valence-electron chi connectivity index (χ1n) is 10.5. The molecule has 10 heteroatoms. The van der Waals surface area contributed by atoms with Gasteiger partial charge in [0.2, 0.25) is 15.9 Å². The van der Waals surface area contributed by atoms with Gasteiger partial charge in [0.25, 0.3) is 5.91 Å². The Bertz CT molecular complexity index is 946. The number of hydrogen-bond donors (Lipinski definition) is 2. The van der Waals surface area contributed by atoms with Crippen LogP contribution in [0.2, 0.25) is 0 Å². The second-order valence-corrected chi connectivity index (χ2v) is 10.7. The molecule has 1 fully saturated rings. The molecule has 1 aromatic carbocycles. The number of carbonyl (C=O) groups excluding carboxylic acids is 2. The molecule has 172 valence electrons. The summed E-state index contributed by atoms with van der Waals surface area (Å²) in [5.41, 5.74) is 0.660. The third kappa shape index (κ3) is 5.36. The Kier molecular flexibility index (Phi) is 6.92. The lowest BCUT2D eigenvalue weighted by atomic mass is 9.99. The zero-order valence-electron chi connectivity index (χ0n) is 18.4. The van der Waals surface area contributed by atoms with Crippen molar-refractivity contribution < 1.29 is 27.9 Å². The summed E-state index contributed by atoms with van der Waals surface area (Å²) in [5, 5.41) is 12.6. The summed E-state index contributed by atoms with van der Waals surface area (Å²) in [7, 11) is -1.96. The van der Waals surface area contributed by atoms with Crippen LogP contribution in [0.5, 0.6) is 5.75 Å². The molecule has 31 heavy (non-hydrogen) atoms. The molecule has 0 saturated heterocycles. The monoisotopic (exact) mass is 453 g/mol. The average molecular weight is 454 g/mol. The number of amides is 2. The first-order chi connectivity index (χ1) is 14.5. The number of nitrogens with one attached hydrogen (secondary N) is 1. The molecule has 3 atom stereocenters. The number of sulfonamides is 1. The van der Waals surface area contributed by atoms with E-state index < -0.39 is 22.2 Å². The van der Waals surface area contributed by atoms with Crippen molar-refractivity contribution in [3.8, 4) is 5.75 Å². The van der Waals surface area contributed by atoms with E-state index in [1.165, 1.54) is 11.4 Å². The van der Waals surface area contributed by atoms with Crippen LogP contribution in [0.4, 0.5) is 5.69 Å². The molecule has 9 nitrogen and oxygen atoms in total. The van der Waals surface area contributed by atoms with E-state index >= 15 is 0 Å². The highest BCUT2D eigenvalue weighted by Gasteiger charge is 2.36. The van der Waals surface area contributed by atoms with E-state index in [1.54, 1.807) is 30.0 Å². The van der Waals surface area contributed by atoms with E-state index in [4.69, 9.17) is 4.74 Å². The van der Waals surface area contributed by atoms with E-state index in [9.17, 15) is 23.1 Å². The summed E-state index contributed by atoms with van der Waals surface area (Å²) in [6, 6.07) is 4.54. The summed E-state index contributed by atoms with van der Waals surface area (Å²) in [6.07, 6.45) is 2.22. The molecule has 1 heterocycles. The zero-order chi connectivity index (χ0) is 22.9. The number of benzene rings is 1. The molecule has 1 saturated carbocycles. The number of ether oxygens (including phenoxy) is 1. The quantitative estimate of drug-likeness (QED) is 0.640. The van der Waals surface area contributed by atoms with Gasteiger partial charge in [-0.2, -0.15) is 0 Å². The minimum atomic E-state index is -3.44. The number of aliphatic hydroxyl groups is 1. The van der Waals surface area contributed by atoms with E-state index in [0.29, 0.717) is 12.2 Å². The molecule has 2 aliphatic rings. The van der Waals surface area contributed by atoms with Crippen molar-refractivity contribution in [3.63, 3.8) is 0 Å². The van der Waals surface area contributed by atoms with Gasteiger partial charge in [-0.25, -0.2) is 12.7 Å². The predicted molar refractivity (Wildman–Crippen MR) is 116 cm³/mol. The van der Waals surface area contributed by atoms with E-state index in [-0.39, 0.29) is 48.1 Å². The molecule has 0 unspecified atom stereocenters. The standard InChI is InChI=1S/C21H31N3O6S/c1-13-10-24(14(2)12-25)21(27)16-6-5-7-17(22-20(26)15-8-9-15)19(16)30-18(13)11-23(3)31(4,28)29/h5-7,13-15,18,25H,8-12H2,1-4H3,(H,22,26)/t13-,14+,18-/m1/s1. The Balaban J connectivity index is 2.03. The van der Waals surface area contributed by atoms with Crippen molar-refractivity contribution in [1.82, 2.24) is 9.21 Å². The van der Waals surface area contributed by atoms with Gasteiger partial charge in [-0.3, -0.25) is 9.59 Å². The van der Waals surface area contributed by atoms with Crippen molar-refractivity contribution in [1.29, 1.82) is 0 Å². The molecule has 2 amide bonds. The Labute approximate surface area is 183 Å². The van der Waals surface area contributed by atoms with Gasteiger partial charge in [0.05, 0.1) is 36.7 Å². The fourth-order valence-electron chi connectivity index (χ4n) is 3.53. The number of carbonyl (C=O) groups is 2. The number of para-hydroxylation sites is 1. The molecule has 2 N–H and O–H groups in total. The first kappa shape index (κ1) is 23.5. The van der Waals surface area contributed by atoms with Crippen molar-refractivity contribution in [2.24, 2.45) is 11.8 Å². The summed E-state index contributed by atoms with van der Waals surface area (Å²) in [5.74, 6) is -0.458.